The molecule has 1 N–H and O–H groups in total. The van der Waals surface area contributed by atoms with E-state index in [1.54, 1.807) is 12.0 Å². The SMILES string of the molecule is COCCN1C(=O)CC(C(=O)O)C1c1ccccc1. The molecule has 1 heterocycles. The summed E-state index contributed by atoms with van der Waals surface area (Å²) in [7, 11) is 1.56. The van der Waals surface area contributed by atoms with Crippen LogP contribution in [0.2, 0.25) is 0 Å². The molecule has 0 radical (unpaired) electrons. The van der Waals surface area contributed by atoms with Gasteiger partial charge in [0.1, 0.15) is 0 Å². The molecule has 5 nitrogen and oxygen atoms in total. The van der Waals surface area contributed by atoms with Crippen molar-refractivity contribution >= 4 is 11.9 Å². The minimum absolute atomic E-state index is 0.0542. The molecule has 1 aliphatic heterocycles. The highest BCUT2D eigenvalue weighted by molar-refractivity contribution is 5.87. The monoisotopic (exact) mass is 263 g/mol. The Morgan fingerprint density at radius 2 is 2.11 bits per heavy atom. The zero-order valence-electron chi connectivity index (χ0n) is 10.8. The molecular weight excluding hydrogens is 246 g/mol. The summed E-state index contributed by atoms with van der Waals surface area (Å²) in [4.78, 5) is 24.9. The molecule has 1 saturated heterocycles. The van der Waals surface area contributed by atoms with Gasteiger partial charge in [-0.1, -0.05) is 30.3 Å². The third-order valence-corrected chi connectivity index (χ3v) is 3.43. The molecular formula is C14H17NO4. The predicted octanol–water partition coefficient (Wildman–Crippen LogP) is 1.31. The first-order valence-electron chi connectivity index (χ1n) is 6.21. The molecule has 2 rings (SSSR count). The lowest BCUT2D eigenvalue weighted by molar-refractivity contribution is -0.142. The molecule has 1 aliphatic rings. The van der Waals surface area contributed by atoms with Crippen molar-refractivity contribution in [3.8, 4) is 0 Å². The number of rotatable bonds is 5. The second-order valence-corrected chi connectivity index (χ2v) is 4.58. The van der Waals surface area contributed by atoms with Crippen LogP contribution in [0.5, 0.6) is 0 Å². The Labute approximate surface area is 111 Å². The standard InChI is InChI=1S/C14H17NO4/c1-19-8-7-15-12(16)9-11(14(17)18)13(15)10-5-3-2-4-6-10/h2-6,11,13H,7-9H2,1H3,(H,17,18). The minimum atomic E-state index is -0.929. The molecule has 5 heteroatoms. The van der Waals surface area contributed by atoms with Gasteiger partial charge in [-0.15, -0.1) is 0 Å². The highest BCUT2D eigenvalue weighted by Gasteiger charge is 2.44. The molecule has 2 unspecified atom stereocenters. The summed E-state index contributed by atoms with van der Waals surface area (Å²) in [6.45, 7) is 0.820. The number of nitrogens with zero attached hydrogens (tertiary/aromatic N) is 1. The number of carbonyl (C=O) groups excluding carboxylic acids is 1. The summed E-state index contributed by atoms with van der Waals surface area (Å²) < 4.78 is 4.99. The average molecular weight is 263 g/mol. The van der Waals surface area contributed by atoms with E-state index >= 15 is 0 Å². The van der Waals surface area contributed by atoms with Crippen LogP contribution >= 0.6 is 0 Å². The van der Waals surface area contributed by atoms with Crippen molar-refractivity contribution in [3.63, 3.8) is 0 Å². The van der Waals surface area contributed by atoms with Crippen LogP contribution < -0.4 is 0 Å². The number of hydrogen-bond acceptors (Lipinski definition) is 3. The number of benzene rings is 1. The van der Waals surface area contributed by atoms with E-state index in [-0.39, 0.29) is 12.3 Å². The average Bonchev–Trinajstić information content (AvgIpc) is 2.74. The topological polar surface area (TPSA) is 66.8 Å². The number of carboxylic acids is 1. The van der Waals surface area contributed by atoms with E-state index in [0.717, 1.165) is 5.56 Å². The molecule has 1 amide bonds. The van der Waals surface area contributed by atoms with Crippen LogP contribution in [0.1, 0.15) is 18.0 Å². The van der Waals surface area contributed by atoms with Crippen molar-refractivity contribution in [2.45, 2.75) is 12.5 Å². The largest absolute Gasteiger partial charge is 0.481 e. The maximum Gasteiger partial charge on any atom is 0.309 e. The lowest BCUT2D eigenvalue weighted by atomic mass is 9.94. The summed E-state index contributed by atoms with van der Waals surface area (Å²) in [5.41, 5.74) is 0.858. The van der Waals surface area contributed by atoms with Crippen molar-refractivity contribution in [3.05, 3.63) is 35.9 Å². The second kappa shape index (κ2) is 5.84. The summed E-state index contributed by atoms with van der Waals surface area (Å²) in [6, 6.07) is 8.89. The van der Waals surface area contributed by atoms with Crippen molar-refractivity contribution < 1.29 is 19.4 Å². The van der Waals surface area contributed by atoms with E-state index in [1.165, 1.54) is 0 Å². The van der Waals surface area contributed by atoms with Crippen LogP contribution in [-0.4, -0.2) is 42.1 Å². The zero-order chi connectivity index (χ0) is 13.8. The fraction of sp³-hybridized carbons (Fsp3) is 0.429. The number of methoxy groups -OCH3 is 1. The summed E-state index contributed by atoms with van der Waals surface area (Å²) in [6.07, 6.45) is 0.0542. The molecule has 0 aromatic heterocycles. The molecule has 1 fully saturated rings. The highest BCUT2D eigenvalue weighted by atomic mass is 16.5. The Balaban J connectivity index is 2.30. The Kier molecular flexibility index (Phi) is 4.16. The highest BCUT2D eigenvalue weighted by Crippen LogP contribution is 2.37. The van der Waals surface area contributed by atoms with Gasteiger partial charge in [0.05, 0.1) is 18.6 Å². The molecule has 19 heavy (non-hydrogen) atoms. The Morgan fingerprint density at radius 1 is 1.42 bits per heavy atom. The van der Waals surface area contributed by atoms with Gasteiger partial charge in [0, 0.05) is 20.1 Å². The van der Waals surface area contributed by atoms with Gasteiger partial charge in [0.15, 0.2) is 0 Å². The fourth-order valence-electron chi connectivity index (χ4n) is 2.53. The first kappa shape index (κ1) is 13.5. The number of carbonyl (C=O) groups is 2. The van der Waals surface area contributed by atoms with Crippen LogP contribution in [0.25, 0.3) is 0 Å². The van der Waals surface area contributed by atoms with Gasteiger partial charge in [-0.2, -0.15) is 0 Å². The van der Waals surface area contributed by atoms with E-state index in [9.17, 15) is 14.7 Å². The van der Waals surface area contributed by atoms with Gasteiger partial charge < -0.3 is 14.7 Å². The molecule has 0 saturated carbocycles. The Bertz CT molecular complexity index is 460. The first-order valence-corrected chi connectivity index (χ1v) is 6.21. The smallest absolute Gasteiger partial charge is 0.309 e. The van der Waals surface area contributed by atoms with Crippen molar-refractivity contribution in [2.24, 2.45) is 5.92 Å². The second-order valence-electron chi connectivity index (χ2n) is 4.58. The van der Waals surface area contributed by atoms with E-state index in [4.69, 9.17) is 4.74 Å². The van der Waals surface area contributed by atoms with Gasteiger partial charge in [0.2, 0.25) is 5.91 Å². The van der Waals surface area contributed by atoms with Gasteiger partial charge in [-0.05, 0) is 5.56 Å². The minimum Gasteiger partial charge on any atom is -0.481 e. The van der Waals surface area contributed by atoms with Crippen molar-refractivity contribution in [1.29, 1.82) is 0 Å². The molecule has 2 atom stereocenters. The summed E-state index contributed by atoms with van der Waals surface area (Å²) in [5, 5.41) is 9.30. The molecule has 0 bridgehead atoms. The Hall–Kier alpha value is -1.88. The maximum absolute atomic E-state index is 12.0. The lowest BCUT2D eigenvalue weighted by Gasteiger charge is -2.27. The molecule has 1 aromatic carbocycles. The quantitative estimate of drug-likeness (QED) is 0.869. The Morgan fingerprint density at radius 3 is 2.68 bits per heavy atom. The third-order valence-electron chi connectivity index (χ3n) is 3.43. The maximum atomic E-state index is 12.0. The van der Waals surface area contributed by atoms with E-state index in [0.29, 0.717) is 13.2 Å². The van der Waals surface area contributed by atoms with Crippen molar-refractivity contribution in [1.82, 2.24) is 4.90 Å². The zero-order valence-corrected chi connectivity index (χ0v) is 10.8. The van der Waals surface area contributed by atoms with Crippen LogP contribution in [0.15, 0.2) is 30.3 Å². The summed E-state index contributed by atoms with van der Waals surface area (Å²) >= 11 is 0. The predicted molar refractivity (Wildman–Crippen MR) is 68.5 cm³/mol. The van der Waals surface area contributed by atoms with E-state index < -0.39 is 17.9 Å². The normalized spacial score (nSPS) is 22.8. The van der Waals surface area contributed by atoms with Crippen LogP contribution in [-0.2, 0) is 14.3 Å². The van der Waals surface area contributed by atoms with Crippen LogP contribution in [0, 0.1) is 5.92 Å². The number of ether oxygens (including phenoxy) is 1. The fourth-order valence-corrected chi connectivity index (χ4v) is 2.53. The van der Waals surface area contributed by atoms with E-state index in [2.05, 4.69) is 0 Å². The van der Waals surface area contributed by atoms with Gasteiger partial charge >= 0.3 is 5.97 Å². The number of hydrogen-bond donors (Lipinski definition) is 1. The number of amides is 1. The molecule has 1 aromatic rings. The number of aliphatic carboxylic acids is 1. The first-order chi connectivity index (χ1) is 9.15. The third kappa shape index (κ3) is 2.76. The van der Waals surface area contributed by atoms with Crippen molar-refractivity contribution in [2.75, 3.05) is 20.3 Å². The van der Waals surface area contributed by atoms with Gasteiger partial charge in [0.25, 0.3) is 0 Å². The molecule has 102 valence electrons. The van der Waals surface area contributed by atoms with Crippen LogP contribution in [0.3, 0.4) is 0 Å². The molecule has 0 spiro atoms. The lowest BCUT2D eigenvalue weighted by Crippen LogP contribution is -2.33. The summed E-state index contributed by atoms with van der Waals surface area (Å²) in [5.74, 6) is -1.74. The molecule has 0 aliphatic carbocycles. The van der Waals surface area contributed by atoms with Crippen LogP contribution in [0.4, 0.5) is 0 Å². The number of carboxylic acid groups (broad SMARTS) is 1. The van der Waals surface area contributed by atoms with Gasteiger partial charge in [-0.25, -0.2) is 0 Å². The number of likely N-dealkylation sites (tertiary alicyclic amines) is 1. The van der Waals surface area contributed by atoms with Gasteiger partial charge in [-0.3, -0.25) is 9.59 Å². The van der Waals surface area contributed by atoms with E-state index in [1.807, 2.05) is 30.3 Å².